The van der Waals surface area contributed by atoms with E-state index in [1.807, 2.05) is 4.90 Å². The average Bonchev–Trinajstić information content (AvgIpc) is 2.08. The molecule has 0 saturated carbocycles. The molecule has 4 nitrogen and oxygen atoms in total. The lowest BCUT2D eigenvalue weighted by Crippen LogP contribution is -2.41. The van der Waals surface area contributed by atoms with E-state index in [0.717, 1.165) is 0 Å². The molecular weight excluding hydrogens is 190 g/mol. The Hall–Kier alpha value is -0.550. The van der Waals surface area contributed by atoms with Gasteiger partial charge in [0.25, 0.3) is 0 Å². The van der Waals surface area contributed by atoms with Gasteiger partial charge in [-0.05, 0) is 0 Å². The van der Waals surface area contributed by atoms with E-state index in [0.29, 0.717) is 25.4 Å². The zero-order chi connectivity index (χ0) is 9.90. The lowest BCUT2D eigenvalue weighted by atomic mass is 10.4. The smallest absolute Gasteiger partial charge is 0.152 e. The molecule has 1 saturated heterocycles. The van der Waals surface area contributed by atoms with Crippen molar-refractivity contribution in [3.8, 4) is 0 Å². The molecule has 0 amide bonds. The van der Waals surface area contributed by atoms with Crippen molar-refractivity contribution < 1.29 is 13.2 Å². The van der Waals surface area contributed by atoms with E-state index in [2.05, 4.69) is 6.58 Å². The van der Waals surface area contributed by atoms with Gasteiger partial charge in [0, 0.05) is 13.1 Å². The van der Waals surface area contributed by atoms with Gasteiger partial charge in [0.2, 0.25) is 0 Å². The molecule has 1 aliphatic rings. The number of hydrogen-bond acceptors (Lipinski definition) is 4. The van der Waals surface area contributed by atoms with E-state index in [1.54, 1.807) is 7.11 Å². The molecule has 1 fully saturated rings. The van der Waals surface area contributed by atoms with Crippen LogP contribution in [0.15, 0.2) is 12.3 Å². The Morgan fingerprint density at radius 2 is 2.00 bits per heavy atom. The van der Waals surface area contributed by atoms with Crippen LogP contribution in [0.25, 0.3) is 0 Å². The molecule has 0 aliphatic carbocycles. The summed E-state index contributed by atoms with van der Waals surface area (Å²) in [6, 6.07) is 0. The van der Waals surface area contributed by atoms with Crippen molar-refractivity contribution >= 4 is 9.84 Å². The Bertz CT molecular complexity index is 270. The lowest BCUT2D eigenvalue weighted by molar-refractivity contribution is 0.222. The summed E-state index contributed by atoms with van der Waals surface area (Å²) >= 11 is 0. The van der Waals surface area contributed by atoms with Crippen LogP contribution in [0.4, 0.5) is 0 Å². The predicted octanol–water partition coefficient (Wildman–Crippen LogP) is -0.123. The molecule has 13 heavy (non-hydrogen) atoms. The van der Waals surface area contributed by atoms with E-state index in [9.17, 15) is 8.42 Å². The number of sulfone groups is 1. The van der Waals surface area contributed by atoms with Crippen molar-refractivity contribution in [3.05, 3.63) is 12.3 Å². The SMILES string of the molecule is C=C(CN1CCS(=O)(=O)CC1)OC. The van der Waals surface area contributed by atoms with Crippen LogP contribution in [0, 0.1) is 0 Å². The number of rotatable bonds is 3. The van der Waals surface area contributed by atoms with Gasteiger partial charge < -0.3 is 4.74 Å². The summed E-state index contributed by atoms with van der Waals surface area (Å²) in [5.41, 5.74) is 0. The maximum absolute atomic E-state index is 11.1. The van der Waals surface area contributed by atoms with Crippen molar-refractivity contribution in [2.24, 2.45) is 0 Å². The quantitative estimate of drug-likeness (QED) is 0.602. The number of hydrogen-bond donors (Lipinski definition) is 0. The molecule has 0 unspecified atom stereocenters. The second-order valence-corrected chi connectivity index (χ2v) is 5.47. The summed E-state index contributed by atoms with van der Waals surface area (Å²) in [5, 5.41) is 0. The topological polar surface area (TPSA) is 46.6 Å². The van der Waals surface area contributed by atoms with Crippen molar-refractivity contribution in [2.45, 2.75) is 0 Å². The molecule has 0 aromatic carbocycles. The molecule has 0 radical (unpaired) electrons. The van der Waals surface area contributed by atoms with Gasteiger partial charge in [-0.25, -0.2) is 8.42 Å². The Morgan fingerprint density at radius 3 is 2.46 bits per heavy atom. The summed E-state index contributed by atoms with van der Waals surface area (Å²) in [7, 11) is -1.20. The molecule has 0 spiro atoms. The van der Waals surface area contributed by atoms with Crippen molar-refractivity contribution in [3.63, 3.8) is 0 Å². The first-order valence-corrected chi connectivity index (χ1v) is 6.00. The fourth-order valence-electron chi connectivity index (χ4n) is 1.22. The minimum atomic E-state index is -2.77. The third kappa shape index (κ3) is 3.36. The van der Waals surface area contributed by atoms with Gasteiger partial charge >= 0.3 is 0 Å². The summed E-state index contributed by atoms with van der Waals surface area (Å²) in [6.45, 7) is 5.50. The Balaban J connectivity index is 2.38. The zero-order valence-corrected chi connectivity index (χ0v) is 8.64. The molecule has 0 N–H and O–H groups in total. The van der Waals surface area contributed by atoms with Crippen LogP contribution in [0.3, 0.4) is 0 Å². The maximum atomic E-state index is 11.1. The van der Waals surface area contributed by atoms with Gasteiger partial charge in [-0.15, -0.1) is 0 Å². The molecule has 1 aliphatic heterocycles. The van der Waals surface area contributed by atoms with E-state index >= 15 is 0 Å². The van der Waals surface area contributed by atoms with Gasteiger partial charge in [-0.3, -0.25) is 4.90 Å². The van der Waals surface area contributed by atoms with E-state index in [4.69, 9.17) is 4.74 Å². The van der Waals surface area contributed by atoms with Gasteiger partial charge in [-0.2, -0.15) is 0 Å². The molecule has 1 rings (SSSR count). The van der Waals surface area contributed by atoms with Crippen molar-refractivity contribution in [1.82, 2.24) is 4.90 Å². The zero-order valence-electron chi connectivity index (χ0n) is 7.82. The average molecular weight is 205 g/mol. The third-order valence-electron chi connectivity index (χ3n) is 2.13. The standard InChI is InChI=1S/C8H15NO3S/c1-8(12-2)7-9-3-5-13(10,11)6-4-9/h1,3-7H2,2H3. The highest BCUT2D eigenvalue weighted by atomic mass is 32.2. The largest absolute Gasteiger partial charge is 0.500 e. The second-order valence-electron chi connectivity index (χ2n) is 3.17. The van der Waals surface area contributed by atoms with Gasteiger partial charge in [0.1, 0.15) is 5.76 Å². The summed E-state index contributed by atoms with van der Waals surface area (Å²) in [4.78, 5) is 2.03. The summed E-state index contributed by atoms with van der Waals surface area (Å²) in [5.74, 6) is 1.19. The van der Waals surface area contributed by atoms with E-state index < -0.39 is 9.84 Å². The highest BCUT2D eigenvalue weighted by Gasteiger charge is 2.21. The molecule has 76 valence electrons. The number of methoxy groups -OCH3 is 1. The predicted molar refractivity (Wildman–Crippen MR) is 51.2 cm³/mol. The van der Waals surface area contributed by atoms with Crippen LogP contribution in [0.1, 0.15) is 0 Å². The number of nitrogens with zero attached hydrogens (tertiary/aromatic N) is 1. The highest BCUT2D eigenvalue weighted by molar-refractivity contribution is 7.91. The van der Waals surface area contributed by atoms with Gasteiger partial charge in [-0.1, -0.05) is 6.58 Å². The first kappa shape index (κ1) is 10.5. The van der Waals surface area contributed by atoms with Gasteiger partial charge in [0.05, 0.1) is 25.2 Å². The molecule has 0 atom stereocenters. The molecule has 0 aromatic rings. The summed E-state index contributed by atoms with van der Waals surface area (Å²) < 4.78 is 27.1. The minimum absolute atomic E-state index is 0.254. The van der Waals surface area contributed by atoms with Crippen molar-refractivity contribution in [1.29, 1.82) is 0 Å². The normalized spacial score (nSPS) is 22.5. The number of ether oxygens (including phenoxy) is 1. The van der Waals surface area contributed by atoms with E-state index in [1.165, 1.54) is 0 Å². The summed E-state index contributed by atoms with van der Waals surface area (Å²) in [6.07, 6.45) is 0. The highest BCUT2D eigenvalue weighted by Crippen LogP contribution is 2.05. The van der Waals surface area contributed by atoms with Crippen LogP contribution in [-0.2, 0) is 14.6 Å². The monoisotopic (exact) mass is 205 g/mol. The molecular formula is C8H15NO3S. The van der Waals surface area contributed by atoms with Crippen LogP contribution < -0.4 is 0 Å². The fraction of sp³-hybridized carbons (Fsp3) is 0.750. The third-order valence-corrected chi connectivity index (χ3v) is 3.73. The Kier molecular flexibility index (Phi) is 3.33. The maximum Gasteiger partial charge on any atom is 0.152 e. The first-order chi connectivity index (χ1) is 6.03. The van der Waals surface area contributed by atoms with Crippen LogP contribution in [0.5, 0.6) is 0 Å². The lowest BCUT2D eigenvalue weighted by Gasteiger charge is -2.26. The van der Waals surface area contributed by atoms with Crippen molar-refractivity contribution in [2.75, 3.05) is 38.2 Å². The fourth-order valence-corrected chi connectivity index (χ4v) is 2.50. The van der Waals surface area contributed by atoms with E-state index in [-0.39, 0.29) is 11.5 Å². The van der Waals surface area contributed by atoms with Crippen LogP contribution in [-0.4, -0.2) is 51.6 Å². The van der Waals surface area contributed by atoms with Crippen LogP contribution >= 0.6 is 0 Å². The molecule has 1 heterocycles. The van der Waals surface area contributed by atoms with Gasteiger partial charge in [0.15, 0.2) is 9.84 Å². The molecule has 0 bridgehead atoms. The first-order valence-electron chi connectivity index (χ1n) is 4.18. The van der Waals surface area contributed by atoms with Crippen LogP contribution in [0.2, 0.25) is 0 Å². The molecule has 0 aromatic heterocycles. The Labute approximate surface area is 79.1 Å². The second kappa shape index (κ2) is 4.11. The minimum Gasteiger partial charge on any atom is -0.500 e. The molecule has 5 heteroatoms. The Morgan fingerprint density at radius 1 is 1.46 bits per heavy atom.